The molecule has 3 amide bonds. The van der Waals surface area contributed by atoms with Crippen molar-refractivity contribution in [2.75, 3.05) is 19.7 Å². The number of imide groups is 1. The average molecular weight is 346 g/mol. The monoisotopic (exact) mass is 346 g/mol. The number of benzene rings is 1. The summed E-state index contributed by atoms with van der Waals surface area (Å²) in [5.74, 6) is 0.334. The van der Waals surface area contributed by atoms with Crippen LogP contribution in [0.3, 0.4) is 0 Å². The minimum atomic E-state index is -0.346. The van der Waals surface area contributed by atoms with Crippen LogP contribution >= 0.6 is 22.6 Å². The minimum absolute atomic E-state index is 0.118. The molecule has 0 spiro atoms. The summed E-state index contributed by atoms with van der Waals surface area (Å²) in [6.45, 7) is 0.799. The SMILES string of the molecule is O=C(COc1ccccc1I)N1CCNC1=O. The van der Waals surface area contributed by atoms with Gasteiger partial charge in [0.1, 0.15) is 5.75 Å². The molecule has 2 rings (SSSR count). The van der Waals surface area contributed by atoms with Gasteiger partial charge in [0, 0.05) is 13.1 Å². The Kier molecular flexibility index (Phi) is 3.82. The van der Waals surface area contributed by atoms with Gasteiger partial charge in [0.05, 0.1) is 3.57 Å². The van der Waals surface area contributed by atoms with Crippen molar-refractivity contribution in [1.29, 1.82) is 0 Å². The average Bonchev–Trinajstić information content (AvgIpc) is 2.74. The van der Waals surface area contributed by atoms with Crippen LogP contribution in [0.25, 0.3) is 0 Å². The highest BCUT2D eigenvalue weighted by molar-refractivity contribution is 14.1. The second kappa shape index (κ2) is 5.35. The van der Waals surface area contributed by atoms with Crippen molar-refractivity contribution in [2.45, 2.75) is 0 Å². The van der Waals surface area contributed by atoms with E-state index in [9.17, 15) is 9.59 Å². The molecule has 1 aliphatic heterocycles. The Morgan fingerprint density at radius 2 is 2.24 bits per heavy atom. The Hall–Kier alpha value is -1.31. The number of carbonyl (C=O) groups excluding carboxylic acids is 2. The first kappa shape index (κ1) is 12.2. The van der Waals surface area contributed by atoms with Crippen LogP contribution in [0.5, 0.6) is 5.75 Å². The fraction of sp³-hybridized carbons (Fsp3) is 0.273. The van der Waals surface area contributed by atoms with Crippen LogP contribution in [-0.4, -0.2) is 36.5 Å². The minimum Gasteiger partial charge on any atom is -0.483 e. The topological polar surface area (TPSA) is 58.6 Å². The van der Waals surface area contributed by atoms with Crippen LogP contribution in [0.15, 0.2) is 24.3 Å². The molecular formula is C11H11IN2O3. The van der Waals surface area contributed by atoms with Crippen molar-refractivity contribution in [3.05, 3.63) is 27.8 Å². The van der Waals surface area contributed by atoms with Gasteiger partial charge in [-0.15, -0.1) is 0 Å². The van der Waals surface area contributed by atoms with Gasteiger partial charge in [0.15, 0.2) is 6.61 Å². The number of nitrogens with zero attached hydrogens (tertiary/aromatic N) is 1. The second-order valence-electron chi connectivity index (χ2n) is 3.50. The Morgan fingerprint density at radius 1 is 1.47 bits per heavy atom. The number of nitrogens with one attached hydrogen (secondary N) is 1. The molecule has 1 aromatic rings. The molecular weight excluding hydrogens is 335 g/mol. The van der Waals surface area contributed by atoms with Gasteiger partial charge in [0.2, 0.25) is 0 Å². The second-order valence-corrected chi connectivity index (χ2v) is 4.66. The number of halogens is 1. The summed E-state index contributed by atoms with van der Waals surface area (Å²) in [6.07, 6.45) is 0. The Balaban J connectivity index is 1.92. The molecule has 0 aromatic heterocycles. The molecule has 0 saturated carbocycles. The number of ether oxygens (including phenoxy) is 1. The maximum absolute atomic E-state index is 11.7. The fourth-order valence-electron chi connectivity index (χ4n) is 1.49. The molecule has 0 unspecified atom stereocenters. The van der Waals surface area contributed by atoms with E-state index in [0.29, 0.717) is 18.8 Å². The summed E-state index contributed by atoms with van der Waals surface area (Å²) >= 11 is 2.13. The lowest BCUT2D eigenvalue weighted by Crippen LogP contribution is -2.37. The van der Waals surface area contributed by atoms with Gasteiger partial charge < -0.3 is 10.1 Å². The Morgan fingerprint density at radius 3 is 2.88 bits per heavy atom. The first-order valence-corrected chi connectivity index (χ1v) is 6.22. The van der Waals surface area contributed by atoms with Gasteiger partial charge in [-0.1, -0.05) is 12.1 Å². The van der Waals surface area contributed by atoms with Crippen molar-refractivity contribution in [1.82, 2.24) is 10.2 Å². The number of rotatable bonds is 3. The number of carbonyl (C=O) groups is 2. The van der Waals surface area contributed by atoms with Crippen LogP contribution in [0.4, 0.5) is 4.79 Å². The van der Waals surface area contributed by atoms with Crippen molar-refractivity contribution in [3.8, 4) is 5.75 Å². The highest BCUT2D eigenvalue weighted by atomic mass is 127. The molecule has 1 aromatic carbocycles. The molecule has 5 nitrogen and oxygen atoms in total. The van der Waals surface area contributed by atoms with Crippen molar-refractivity contribution in [2.24, 2.45) is 0 Å². The zero-order valence-corrected chi connectivity index (χ0v) is 11.1. The van der Waals surface area contributed by atoms with E-state index in [1.54, 1.807) is 6.07 Å². The van der Waals surface area contributed by atoms with E-state index >= 15 is 0 Å². The third-order valence-electron chi connectivity index (χ3n) is 2.35. The van der Waals surface area contributed by atoms with Crippen molar-refractivity contribution >= 4 is 34.5 Å². The van der Waals surface area contributed by atoms with Crippen LogP contribution < -0.4 is 10.1 Å². The first-order chi connectivity index (χ1) is 8.18. The zero-order chi connectivity index (χ0) is 12.3. The zero-order valence-electron chi connectivity index (χ0n) is 8.98. The molecule has 1 aliphatic rings. The summed E-state index contributed by atoms with van der Waals surface area (Å²) in [5, 5.41) is 2.57. The van der Waals surface area contributed by atoms with Gasteiger partial charge in [0.25, 0.3) is 5.91 Å². The predicted molar refractivity (Wildman–Crippen MR) is 69.8 cm³/mol. The number of amides is 3. The molecule has 1 N–H and O–H groups in total. The summed E-state index contributed by atoms with van der Waals surface area (Å²) in [4.78, 5) is 24.1. The lowest BCUT2D eigenvalue weighted by molar-refractivity contribution is -0.129. The summed E-state index contributed by atoms with van der Waals surface area (Å²) in [5.41, 5.74) is 0. The summed E-state index contributed by atoms with van der Waals surface area (Å²) < 4.78 is 6.31. The molecule has 6 heteroatoms. The van der Waals surface area contributed by atoms with Crippen LogP contribution in [-0.2, 0) is 4.79 Å². The molecule has 0 atom stereocenters. The number of para-hydroxylation sites is 1. The predicted octanol–water partition coefficient (Wildman–Crippen LogP) is 1.22. The van der Waals surface area contributed by atoms with Gasteiger partial charge in [-0.05, 0) is 34.7 Å². The Labute approximate surface area is 112 Å². The molecule has 90 valence electrons. The number of urea groups is 1. The van der Waals surface area contributed by atoms with Crippen molar-refractivity contribution < 1.29 is 14.3 Å². The maximum atomic E-state index is 11.7. The maximum Gasteiger partial charge on any atom is 0.324 e. The normalized spacial score (nSPS) is 14.6. The molecule has 1 saturated heterocycles. The van der Waals surface area contributed by atoms with Gasteiger partial charge in [-0.3, -0.25) is 9.69 Å². The Bertz CT molecular complexity index is 450. The van der Waals surface area contributed by atoms with Crippen LogP contribution in [0.1, 0.15) is 0 Å². The van der Waals surface area contributed by atoms with E-state index in [0.717, 1.165) is 8.47 Å². The van der Waals surface area contributed by atoms with Crippen LogP contribution in [0.2, 0.25) is 0 Å². The third-order valence-corrected chi connectivity index (χ3v) is 3.24. The molecule has 1 heterocycles. The number of hydrogen-bond acceptors (Lipinski definition) is 3. The summed E-state index contributed by atoms with van der Waals surface area (Å²) in [7, 11) is 0. The molecule has 1 fully saturated rings. The van der Waals surface area contributed by atoms with Crippen molar-refractivity contribution in [3.63, 3.8) is 0 Å². The third kappa shape index (κ3) is 2.87. The highest BCUT2D eigenvalue weighted by Gasteiger charge is 2.26. The fourth-order valence-corrected chi connectivity index (χ4v) is 2.03. The van der Waals surface area contributed by atoms with Gasteiger partial charge >= 0.3 is 6.03 Å². The van der Waals surface area contributed by atoms with E-state index in [4.69, 9.17) is 4.74 Å². The molecule has 17 heavy (non-hydrogen) atoms. The van der Waals surface area contributed by atoms with Gasteiger partial charge in [-0.2, -0.15) is 0 Å². The van der Waals surface area contributed by atoms with E-state index in [1.165, 1.54) is 0 Å². The summed E-state index contributed by atoms with van der Waals surface area (Å²) in [6, 6.07) is 7.07. The molecule has 0 bridgehead atoms. The number of hydrogen-bond donors (Lipinski definition) is 1. The standard InChI is InChI=1S/C11H11IN2O3/c12-8-3-1-2-4-9(8)17-7-10(15)14-6-5-13-11(14)16/h1-4H,5-7H2,(H,13,16). The van der Waals surface area contributed by atoms with E-state index in [-0.39, 0.29) is 18.5 Å². The van der Waals surface area contributed by atoms with E-state index in [1.807, 2.05) is 18.2 Å². The first-order valence-electron chi connectivity index (χ1n) is 5.14. The van der Waals surface area contributed by atoms with Crippen LogP contribution in [0, 0.1) is 3.57 Å². The lowest BCUT2D eigenvalue weighted by atomic mass is 10.3. The largest absolute Gasteiger partial charge is 0.483 e. The highest BCUT2D eigenvalue weighted by Crippen LogP contribution is 2.19. The molecule has 0 radical (unpaired) electrons. The smallest absolute Gasteiger partial charge is 0.324 e. The van der Waals surface area contributed by atoms with Gasteiger partial charge in [-0.25, -0.2) is 4.79 Å². The van der Waals surface area contributed by atoms with E-state index < -0.39 is 0 Å². The quantitative estimate of drug-likeness (QED) is 0.838. The molecule has 0 aliphatic carbocycles. The lowest BCUT2D eigenvalue weighted by Gasteiger charge is -2.13. The van der Waals surface area contributed by atoms with E-state index in [2.05, 4.69) is 27.9 Å².